The molecule has 0 aromatic carbocycles. The fourth-order valence-corrected chi connectivity index (χ4v) is 4.63. The maximum atomic E-state index is 12.8. The maximum absolute atomic E-state index is 12.8. The van der Waals surface area contributed by atoms with Crippen molar-refractivity contribution in [1.82, 2.24) is 4.90 Å². The van der Waals surface area contributed by atoms with E-state index in [4.69, 9.17) is 15.0 Å². The third-order valence-electron chi connectivity index (χ3n) is 5.21. The highest BCUT2D eigenvalue weighted by Crippen LogP contribution is 2.38. The first kappa shape index (κ1) is 26.9. The van der Waals surface area contributed by atoms with Crippen LogP contribution in [0.2, 0.25) is 0 Å². The predicted octanol–water partition coefficient (Wildman–Crippen LogP) is -0.0659. The van der Waals surface area contributed by atoms with Gasteiger partial charge < -0.3 is 39.9 Å². The molecule has 6 N–H and O–H groups in total. The molecule has 3 aliphatic rings. The maximum Gasteiger partial charge on any atom is 0.389 e. The largest absolute Gasteiger partial charge is 0.389 e. The van der Waals surface area contributed by atoms with Gasteiger partial charge in [-0.3, -0.25) is 4.99 Å². The Balaban J connectivity index is 1.84. The van der Waals surface area contributed by atoms with Crippen molar-refractivity contribution in [3.63, 3.8) is 0 Å². The molecule has 1 saturated heterocycles. The van der Waals surface area contributed by atoms with Gasteiger partial charge in [0.15, 0.2) is 17.7 Å². The summed E-state index contributed by atoms with van der Waals surface area (Å²) in [7, 11) is 0. The van der Waals surface area contributed by atoms with Gasteiger partial charge in [0.25, 0.3) is 0 Å². The summed E-state index contributed by atoms with van der Waals surface area (Å²) in [4.78, 5) is 32.7. The number of hydrogen-bond donors (Lipinski definition) is 5. The highest BCUT2D eigenvalue weighted by molar-refractivity contribution is 8.06. The van der Waals surface area contributed by atoms with Gasteiger partial charge in [-0.25, -0.2) is 9.98 Å². The summed E-state index contributed by atoms with van der Waals surface area (Å²) < 4.78 is 48.7. The summed E-state index contributed by atoms with van der Waals surface area (Å²) in [5.74, 6) is 0.567. The lowest BCUT2D eigenvalue weighted by molar-refractivity contribution is -0.132. The summed E-state index contributed by atoms with van der Waals surface area (Å²) in [5, 5.41) is 20.8. The minimum absolute atomic E-state index is 0.0888. The van der Waals surface area contributed by atoms with Crippen molar-refractivity contribution >= 4 is 47.7 Å². The van der Waals surface area contributed by atoms with Crippen LogP contribution in [0.1, 0.15) is 19.3 Å². The zero-order chi connectivity index (χ0) is 24.6. The zero-order valence-corrected chi connectivity index (χ0v) is 19.9. The molecule has 1 unspecified atom stereocenters. The number of rotatable bonds is 9. The first-order valence-electron chi connectivity index (χ1n) is 9.80. The van der Waals surface area contributed by atoms with Gasteiger partial charge in [-0.05, 0) is 23.8 Å². The van der Waals surface area contributed by atoms with E-state index in [9.17, 15) is 33.2 Å². The number of amidine groups is 2. The number of halogens is 3. The van der Waals surface area contributed by atoms with Crippen molar-refractivity contribution in [2.45, 2.75) is 55.6 Å². The summed E-state index contributed by atoms with van der Waals surface area (Å²) in [6, 6.07) is 0. The summed E-state index contributed by atoms with van der Waals surface area (Å²) in [5.41, 5.74) is 5.30. The van der Waals surface area contributed by atoms with Gasteiger partial charge >= 0.3 is 12.9 Å². The molecule has 17 heteroatoms. The van der Waals surface area contributed by atoms with E-state index in [1.165, 1.54) is 16.7 Å². The first-order chi connectivity index (χ1) is 15.2. The SMILES string of the molecule is CSCCC1(N)N=C(CCC(F)(F)F)N=C2C1=NCN2[C@@H]1O[C@H](COP(O)(O)=S)[C@@H](O)[C@H]1O. The Hall–Kier alpha value is -0.680. The van der Waals surface area contributed by atoms with Crippen LogP contribution in [-0.4, -0.2) is 104 Å². The fourth-order valence-electron chi connectivity index (χ4n) is 3.59. The van der Waals surface area contributed by atoms with Crippen LogP contribution in [0.15, 0.2) is 15.0 Å². The van der Waals surface area contributed by atoms with Gasteiger partial charge in [0, 0.05) is 12.8 Å². The van der Waals surface area contributed by atoms with Gasteiger partial charge in [0.2, 0.25) is 0 Å². The van der Waals surface area contributed by atoms with Gasteiger partial charge in [-0.15, -0.1) is 0 Å². The lowest BCUT2D eigenvalue weighted by atomic mass is 9.99. The monoisotopic (exact) mass is 535 g/mol. The number of nitrogens with two attached hydrogens (primary N) is 1. The Morgan fingerprint density at radius 2 is 2.06 bits per heavy atom. The van der Waals surface area contributed by atoms with Crippen molar-refractivity contribution in [3.05, 3.63) is 0 Å². The number of aliphatic hydroxyl groups is 2. The van der Waals surface area contributed by atoms with Crippen LogP contribution in [0, 0.1) is 0 Å². The first-order valence-corrected chi connectivity index (χ1v) is 13.8. The van der Waals surface area contributed by atoms with Crippen LogP contribution in [0.5, 0.6) is 0 Å². The number of thioether (sulfide) groups is 1. The van der Waals surface area contributed by atoms with Gasteiger partial charge in [0.05, 0.1) is 13.0 Å². The minimum atomic E-state index is -4.41. The van der Waals surface area contributed by atoms with E-state index in [0.717, 1.165) is 0 Å². The average molecular weight is 536 g/mol. The van der Waals surface area contributed by atoms with Crippen molar-refractivity contribution in [3.8, 4) is 0 Å². The molecule has 0 aromatic heterocycles. The molecule has 3 aliphatic heterocycles. The van der Waals surface area contributed by atoms with E-state index >= 15 is 0 Å². The Morgan fingerprint density at radius 1 is 1.36 bits per heavy atom. The van der Waals surface area contributed by atoms with Crippen LogP contribution < -0.4 is 5.73 Å². The molecule has 188 valence electrons. The number of hydrogen-bond acceptors (Lipinski definition) is 11. The Morgan fingerprint density at radius 3 is 2.67 bits per heavy atom. The van der Waals surface area contributed by atoms with Crippen LogP contribution in [0.25, 0.3) is 0 Å². The molecule has 5 atom stereocenters. The molecule has 33 heavy (non-hydrogen) atoms. The van der Waals surface area contributed by atoms with Crippen molar-refractivity contribution < 1.29 is 42.4 Å². The second-order valence-corrected chi connectivity index (χ2v) is 11.3. The lowest BCUT2D eigenvalue weighted by Crippen LogP contribution is -2.56. The Labute approximate surface area is 196 Å². The number of nitrogens with zero attached hydrogens (tertiary/aromatic N) is 4. The van der Waals surface area contributed by atoms with E-state index in [2.05, 4.69) is 26.8 Å². The van der Waals surface area contributed by atoms with Crippen molar-refractivity contribution in [2.75, 3.05) is 25.3 Å². The molecule has 0 spiro atoms. The summed E-state index contributed by atoms with van der Waals surface area (Å²) in [6.07, 6.45) is -9.20. The fraction of sp³-hybridized carbons (Fsp3) is 0.812. The molecule has 3 heterocycles. The number of fused-ring (bicyclic) bond motifs is 1. The quantitative estimate of drug-likeness (QED) is 0.252. The van der Waals surface area contributed by atoms with Gasteiger partial charge in [0.1, 0.15) is 36.5 Å². The number of aliphatic hydroxyl groups excluding tert-OH is 2. The molecule has 0 amide bonds. The van der Waals surface area contributed by atoms with Crippen LogP contribution in [0.4, 0.5) is 13.2 Å². The smallest absolute Gasteiger partial charge is 0.387 e. The standard InChI is InChI=1S/C16H25F3N5O6PS2/c1-33-5-4-15(20)12-13(22-9(23-15)2-3-16(17,18)19)24(7-21-12)14-11(26)10(25)8(30-14)6-29-31(27,28)32/h8,10-11,14,25-26H,2-7,20H2,1H3,(H2,27,28,32)/t8-,10-,11-,14-,15?/m1/s1. The Kier molecular flexibility index (Phi) is 8.26. The number of aliphatic imine (C=N–C) groups is 3. The minimum Gasteiger partial charge on any atom is -0.387 e. The third-order valence-corrected chi connectivity index (χ3v) is 6.62. The van der Waals surface area contributed by atoms with Crippen LogP contribution >= 0.6 is 18.5 Å². The number of alkyl halides is 3. The Bertz CT molecular complexity index is 887. The molecule has 0 aliphatic carbocycles. The second kappa shape index (κ2) is 10.1. The van der Waals surface area contributed by atoms with Crippen molar-refractivity contribution in [1.29, 1.82) is 0 Å². The molecule has 11 nitrogen and oxygen atoms in total. The average Bonchev–Trinajstić information content (AvgIpc) is 3.24. The van der Waals surface area contributed by atoms with Gasteiger partial charge in [-0.1, -0.05) is 0 Å². The highest BCUT2D eigenvalue weighted by Gasteiger charge is 2.51. The summed E-state index contributed by atoms with van der Waals surface area (Å²) in [6.45, 7) is -4.61. The molecule has 0 saturated carbocycles. The third kappa shape index (κ3) is 6.51. The molecule has 1 fully saturated rings. The molecule has 0 bridgehead atoms. The van der Waals surface area contributed by atoms with E-state index in [1.54, 1.807) is 0 Å². The normalized spacial score (nSPS) is 32.5. The van der Waals surface area contributed by atoms with E-state index in [0.29, 0.717) is 12.2 Å². The predicted molar refractivity (Wildman–Crippen MR) is 120 cm³/mol. The van der Waals surface area contributed by atoms with Gasteiger partial charge in [-0.2, -0.15) is 24.9 Å². The zero-order valence-electron chi connectivity index (χ0n) is 17.4. The summed E-state index contributed by atoms with van der Waals surface area (Å²) >= 11 is 5.85. The van der Waals surface area contributed by atoms with E-state index < -0.39 is 62.5 Å². The second-order valence-electron chi connectivity index (χ2n) is 7.70. The van der Waals surface area contributed by atoms with E-state index in [-0.39, 0.29) is 24.1 Å². The van der Waals surface area contributed by atoms with Crippen LogP contribution in [0.3, 0.4) is 0 Å². The molecule has 0 aromatic rings. The topological polar surface area (TPSA) is 166 Å². The molecular weight excluding hydrogens is 510 g/mol. The lowest BCUT2D eigenvalue weighted by Gasteiger charge is -2.34. The molecular formula is C16H25F3N5O6PS2. The van der Waals surface area contributed by atoms with E-state index in [1.807, 2.05) is 6.26 Å². The highest BCUT2D eigenvalue weighted by atomic mass is 32.5. The number of ether oxygens (including phenoxy) is 1. The molecule has 0 radical (unpaired) electrons. The molecule has 3 rings (SSSR count). The van der Waals surface area contributed by atoms with Crippen molar-refractivity contribution in [2.24, 2.45) is 20.7 Å². The van der Waals surface area contributed by atoms with Crippen LogP contribution in [-0.2, 0) is 21.1 Å².